The summed E-state index contributed by atoms with van der Waals surface area (Å²) in [6, 6.07) is 0. The number of nitrogens with one attached hydrogen (secondary N) is 2. The fourth-order valence-corrected chi connectivity index (χ4v) is 4.06. The highest BCUT2D eigenvalue weighted by Gasteiger charge is 2.22. The Hall–Kier alpha value is -0.100. The Bertz CT molecular complexity index is 376. The Morgan fingerprint density at radius 1 is 1.33 bits per heavy atom. The normalized spacial score (nSPS) is 21.4. The Labute approximate surface area is 116 Å². The summed E-state index contributed by atoms with van der Waals surface area (Å²) in [4.78, 5) is 0. The zero-order chi connectivity index (χ0) is 12.1. The quantitative estimate of drug-likeness (QED) is 0.754. The predicted molar refractivity (Wildman–Crippen MR) is 76.6 cm³/mol. The lowest BCUT2D eigenvalue weighted by molar-refractivity contribution is 0.548. The van der Waals surface area contributed by atoms with Crippen molar-refractivity contribution in [2.75, 3.05) is 25.4 Å². The van der Waals surface area contributed by atoms with Gasteiger partial charge in [0, 0.05) is 13.1 Å². The molecule has 1 heterocycles. The van der Waals surface area contributed by atoms with Gasteiger partial charge in [0.1, 0.15) is 0 Å². The molecule has 0 radical (unpaired) electrons. The van der Waals surface area contributed by atoms with Gasteiger partial charge in [-0.3, -0.25) is 0 Å². The van der Waals surface area contributed by atoms with Crippen LogP contribution < -0.4 is 10.0 Å². The minimum Gasteiger partial charge on any atom is -0.313 e. The van der Waals surface area contributed by atoms with Crippen LogP contribution in [0.5, 0.6) is 0 Å². The van der Waals surface area contributed by atoms with Gasteiger partial charge in [0.25, 0.3) is 0 Å². The molecule has 0 unspecified atom stereocenters. The van der Waals surface area contributed by atoms with Crippen LogP contribution in [0.3, 0.4) is 0 Å². The first-order valence-corrected chi connectivity index (χ1v) is 8.17. The van der Waals surface area contributed by atoms with Gasteiger partial charge < -0.3 is 5.32 Å². The van der Waals surface area contributed by atoms with Crippen molar-refractivity contribution in [3.8, 4) is 0 Å². The van der Waals surface area contributed by atoms with Gasteiger partial charge in [0.2, 0.25) is 10.0 Å². The van der Waals surface area contributed by atoms with Gasteiger partial charge in [-0.05, 0) is 31.7 Å². The SMILES string of the molecule is Cl.O=S(=O)(CC1CCCC1)NCC1=CCNCC1. The van der Waals surface area contributed by atoms with Crippen molar-refractivity contribution in [1.29, 1.82) is 0 Å². The van der Waals surface area contributed by atoms with Crippen molar-refractivity contribution in [2.24, 2.45) is 5.92 Å². The molecule has 0 atom stereocenters. The van der Waals surface area contributed by atoms with E-state index in [9.17, 15) is 8.42 Å². The van der Waals surface area contributed by atoms with Gasteiger partial charge in [-0.15, -0.1) is 12.4 Å². The van der Waals surface area contributed by atoms with Crippen molar-refractivity contribution in [1.82, 2.24) is 10.0 Å². The van der Waals surface area contributed by atoms with Crippen molar-refractivity contribution in [3.63, 3.8) is 0 Å². The van der Waals surface area contributed by atoms with Crippen LogP contribution >= 0.6 is 12.4 Å². The minimum atomic E-state index is -3.08. The second-order valence-electron chi connectivity index (χ2n) is 5.07. The number of hydrogen-bond donors (Lipinski definition) is 2. The van der Waals surface area contributed by atoms with Crippen LogP contribution in [0, 0.1) is 5.92 Å². The lowest BCUT2D eigenvalue weighted by Crippen LogP contribution is -2.32. The highest BCUT2D eigenvalue weighted by molar-refractivity contribution is 7.89. The molecule has 2 aliphatic rings. The summed E-state index contributed by atoms with van der Waals surface area (Å²) >= 11 is 0. The number of rotatable bonds is 5. The van der Waals surface area contributed by atoms with Crippen LogP contribution in [0.15, 0.2) is 11.6 Å². The average molecular weight is 295 g/mol. The van der Waals surface area contributed by atoms with Crippen LogP contribution in [-0.4, -0.2) is 33.8 Å². The second kappa shape index (κ2) is 7.48. The van der Waals surface area contributed by atoms with Crippen LogP contribution in [0.1, 0.15) is 32.1 Å². The van der Waals surface area contributed by atoms with E-state index in [4.69, 9.17) is 0 Å². The molecule has 0 saturated heterocycles. The first-order valence-electron chi connectivity index (χ1n) is 6.52. The zero-order valence-electron chi connectivity index (χ0n) is 10.7. The zero-order valence-corrected chi connectivity index (χ0v) is 12.3. The van der Waals surface area contributed by atoms with E-state index in [2.05, 4.69) is 16.1 Å². The van der Waals surface area contributed by atoms with Crippen molar-refractivity contribution >= 4 is 22.4 Å². The van der Waals surface area contributed by atoms with Gasteiger partial charge in [0.05, 0.1) is 5.75 Å². The molecule has 0 amide bonds. The van der Waals surface area contributed by atoms with Crippen LogP contribution in [0.25, 0.3) is 0 Å². The highest BCUT2D eigenvalue weighted by atomic mass is 35.5. The van der Waals surface area contributed by atoms with Gasteiger partial charge >= 0.3 is 0 Å². The smallest absolute Gasteiger partial charge is 0.212 e. The molecule has 0 spiro atoms. The molecular weight excluding hydrogens is 272 g/mol. The number of hydrogen-bond acceptors (Lipinski definition) is 3. The maximum Gasteiger partial charge on any atom is 0.212 e. The van der Waals surface area contributed by atoms with E-state index in [1.165, 1.54) is 18.4 Å². The van der Waals surface area contributed by atoms with Gasteiger partial charge in [-0.1, -0.05) is 24.5 Å². The fraction of sp³-hybridized carbons (Fsp3) is 0.833. The summed E-state index contributed by atoms with van der Waals surface area (Å²) in [7, 11) is -3.08. The molecule has 1 saturated carbocycles. The minimum absolute atomic E-state index is 0. The summed E-state index contributed by atoms with van der Waals surface area (Å²) < 4.78 is 26.5. The maximum atomic E-state index is 11.9. The molecule has 1 aliphatic carbocycles. The fourth-order valence-electron chi connectivity index (χ4n) is 2.58. The third-order valence-electron chi connectivity index (χ3n) is 3.61. The molecule has 2 rings (SSSR count). The lowest BCUT2D eigenvalue weighted by atomic mass is 10.1. The topological polar surface area (TPSA) is 58.2 Å². The molecular formula is C12H23ClN2O2S. The number of sulfonamides is 1. The predicted octanol–water partition coefficient (Wildman–Crippen LogP) is 1.44. The molecule has 0 bridgehead atoms. The van der Waals surface area contributed by atoms with Gasteiger partial charge in [-0.2, -0.15) is 0 Å². The summed E-state index contributed by atoms with van der Waals surface area (Å²) in [6.07, 6.45) is 7.57. The van der Waals surface area contributed by atoms with E-state index in [1.54, 1.807) is 0 Å². The molecule has 1 aliphatic heterocycles. The molecule has 4 nitrogen and oxygen atoms in total. The van der Waals surface area contributed by atoms with E-state index >= 15 is 0 Å². The van der Waals surface area contributed by atoms with Crippen molar-refractivity contribution < 1.29 is 8.42 Å². The monoisotopic (exact) mass is 294 g/mol. The molecule has 2 N–H and O–H groups in total. The van der Waals surface area contributed by atoms with Gasteiger partial charge in [-0.25, -0.2) is 13.1 Å². The number of halogens is 1. The van der Waals surface area contributed by atoms with Crippen LogP contribution in [0.2, 0.25) is 0 Å². The average Bonchev–Trinajstić information content (AvgIpc) is 2.80. The maximum absolute atomic E-state index is 11.9. The summed E-state index contributed by atoms with van der Waals surface area (Å²) in [6.45, 7) is 2.31. The summed E-state index contributed by atoms with van der Waals surface area (Å²) in [5.41, 5.74) is 1.21. The Balaban J connectivity index is 0.00000162. The van der Waals surface area contributed by atoms with Crippen molar-refractivity contribution in [3.05, 3.63) is 11.6 Å². The van der Waals surface area contributed by atoms with E-state index in [-0.39, 0.29) is 12.4 Å². The Kier molecular flexibility index (Phi) is 6.63. The second-order valence-corrected chi connectivity index (χ2v) is 6.92. The molecule has 106 valence electrons. The lowest BCUT2D eigenvalue weighted by Gasteiger charge is -2.16. The molecule has 0 aromatic heterocycles. The third-order valence-corrected chi connectivity index (χ3v) is 5.10. The van der Waals surface area contributed by atoms with E-state index < -0.39 is 10.0 Å². The molecule has 6 heteroatoms. The highest BCUT2D eigenvalue weighted by Crippen LogP contribution is 2.25. The largest absolute Gasteiger partial charge is 0.313 e. The third kappa shape index (κ3) is 5.26. The summed E-state index contributed by atoms with van der Waals surface area (Å²) in [5.74, 6) is 0.702. The van der Waals surface area contributed by atoms with Crippen LogP contribution in [0.4, 0.5) is 0 Å². The standard InChI is InChI=1S/C12H22N2O2S.ClH/c15-17(16,10-12-3-1-2-4-12)14-9-11-5-7-13-8-6-11;/h5,12-14H,1-4,6-10H2;1H. The molecule has 0 aromatic rings. The molecule has 1 fully saturated rings. The summed E-state index contributed by atoms with van der Waals surface area (Å²) in [5, 5.41) is 3.22. The van der Waals surface area contributed by atoms with Gasteiger partial charge in [0.15, 0.2) is 0 Å². The molecule has 18 heavy (non-hydrogen) atoms. The first-order chi connectivity index (χ1) is 8.16. The molecule has 0 aromatic carbocycles. The Morgan fingerprint density at radius 2 is 2.06 bits per heavy atom. The Morgan fingerprint density at radius 3 is 2.67 bits per heavy atom. The van der Waals surface area contributed by atoms with Crippen molar-refractivity contribution in [2.45, 2.75) is 32.1 Å². The van der Waals surface area contributed by atoms with Crippen LogP contribution in [-0.2, 0) is 10.0 Å². The van der Waals surface area contributed by atoms with E-state index in [0.29, 0.717) is 18.2 Å². The van der Waals surface area contributed by atoms with E-state index in [1.807, 2.05) is 0 Å². The first kappa shape index (κ1) is 16.0. The van der Waals surface area contributed by atoms with E-state index in [0.717, 1.165) is 32.4 Å².